The molecular weight excluding hydrogens is 200 g/mol. The third-order valence-corrected chi connectivity index (χ3v) is 4.12. The molecule has 3 unspecified atom stereocenters. The predicted octanol–water partition coefficient (Wildman–Crippen LogP) is 1.86. The van der Waals surface area contributed by atoms with Crippen molar-refractivity contribution in [3.63, 3.8) is 0 Å². The zero-order chi connectivity index (χ0) is 12.2. The predicted molar refractivity (Wildman–Crippen MR) is 68.5 cm³/mol. The highest BCUT2D eigenvalue weighted by molar-refractivity contribution is 4.92. The lowest BCUT2D eigenvalue weighted by atomic mass is 9.86. The fourth-order valence-corrected chi connectivity index (χ4v) is 2.89. The number of ether oxygens (including phenoxy) is 1. The van der Waals surface area contributed by atoms with E-state index in [9.17, 15) is 0 Å². The highest BCUT2D eigenvalue weighted by Gasteiger charge is 2.36. The normalized spacial score (nSPS) is 31.3. The molecule has 3 atom stereocenters. The standard InChI is InChI=1S/C13H28N2O/c1-11-5-7-15(12(2)9-11)13(3,10-14)6-8-16-4/h11-12H,5-10,14H2,1-4H3. The molecule has 1 heterocycles. The lowest BCUT2D eigenvalue weighted by molar-refractivity contribution is 0.00639. The van der Waals surface area contributed by atoms with E-state index in [1.807, 2.05) is 0 Å². The molecule has 1 fully saturated rings. The van der Waals surface area contributed by atoms with Gasteiger partial charge < -0.3 is 10.5 Å². The van der Waals surface area contributed by atoms with E-state index in [2.05, 4.69) is 25.7 Å². The van der Waals surface area contributed by atoms with Gasteiger partial charge in [0, 0.05) is 31.8 Å². The zero-order valence-electron chi connectivity index (χ0n) is 11.3. The molecule has 0 aliphatic carbocycles. The summed E-state index contributed by atoms with van der Waals surface area (Å²) >= 11 is 0. The molecule has 1 aliphatic rings. The van der Waals surface area contributed by atoms with Gasteiger partial charge in [0.1, 0.15) is 0 Å². The summed E-state index contributed by atoms with van der Waals surface area (Å²) in [4.78, 5) is 2.59. The van der Waals surface area contributed by atoms with Crippen LogP contribution < -0.4 is 5.73 Å². The molecule has 16 heavy (non-hydrogen) atoms. The Morgan fingerprint density at radius 3 is 2.62 bits per heavy atom. The van der Waals surface area contributed by atoms with E-state index in [0.717, 1.165) is 25.5 Å². The summed E-state index contributed by atoms with van der Waals surface area (Å²) in [5.74, 6) is 0.857. The SMILES string of the molecule is COCCC(C)(CN)N1CCC(C)CC1C. The largest absolute Gasteiger partial charge is 0.385 e. The Bertz CT molecular complexity index is 210. The van der Waals surface area contributed by atoms with Crippen LogP contribution in [-0.2, 0) is 4.74 Å². The van der Waals surface area contributed by atoms with Crippen molar-refractivity contribution in [1.29, 1.82) is 0 Å². The second kappa shape index (κ2) is 5.99. The van der Waals surface area contributed by atoms with Crippen molar-refractivity contribution in [2.45, 2.75) is 51.6 Å². The summed E-state index contributed by atoms with van der Waals surface area (Å²) in [6, 6.07) is 0.647. The van der Waals surface area contributed by atoms with Gasteiger partial charge in [0.25, 0.3) is 0 Å². The van der Waals surface area contributed by atoms with E-state index in [-0.39, 0.29) is 5.54 Å². The average molecular weight is 228 g/mol. The molecule has 3 nitrogen and oxygen atoms in total. The van der Waals surface area contributed by atoms with E-state index < -0.39 is 0 Å². The maximum absolute atomic E-state index is 5.98. The second-order valence-electron chi connectivity index (χ2n) is 5.62. The van der Waals surface area contributed by atoms with Gasteiger partial charge in [0.15, 0.2) is 0 Å². The molecule has 0 saturated carbocycles. The molecule has 3 heteroatoms. The smallest absolute Gasteiger partial charge is 0.0480 e. The van der Waals surface area contributed by atoms with Crippen LogP contribution in [0.2, 0.25) is 0 Å². The molecule has 0 radical (unpaired) electrons. The monoisotopic (exact) mass is 228 g/mol. The number of nitrogens with zero attached hydrogens (tertiary/aromatic N) is 1. The summed E-state index contributed by atoms with van der Waals surface area (Å²) < 4.78 is 5.20. The third kappa shape index (κ3) is 3.19. The molecule has 96 valence electrons. The van der Waals surface area contributed by atoms with Crippen molar-refractivity contribution in [2.75, 3.05) is 26.8 Å². The Balaban J connectivity index is 2.63. The highest BCUT2D eigenvalue weighted by atomic mass is 16.5. The maximum Gasteiger partial charge on any atom is 0.0480 e. The Morgan fingerprint density at radius 1 is 1.44 bits per heavy atom. The number of rotatable bonds is 5. The molecule has 0 spiro atoms. The lowest BCUT2D eigenvalue weighted by Crippen LogP contribution is -2.58. The Kier molecular flexibility index (Phi) is 5.22. The lowest BCUT2D eigenvalue weighted by Gasteiger charge is -2.48. The Morgan fingerprint density at radius 2 is 2.12 bits per heavy atom. The molecule has 0 aromatic carbocycles. The Hall–Kier alpha value is -0.120. The summed E-state index contributed by atoms with van der Waals surface area (Å²) in [5, 5.41) is 0. The van der Waals surface area contributed by atoms with E-state index in [0.29, 0.717) is 6.04 Å². The molecular formula is C13H28N2O. The van der Waals surface area contributed by atoms with Gasteiger partial charge in [-0.1, -0.05) is 6.92 Å². The van der Waals surface area contributed by atoms with Crippen molar-refractivity contribution >= 4 is 0 Å². The van der Waals surface area contributed by atoms with Crippen LogP contribution in [-0.4, -0.2) is 43.3 Å². The van der Waals surface area contributed by atoms with Crippen molar-refractivity contribution in [2.24, 2.45) is 11.7 Å². The fourth-order valence-electron chi connectivity index (χ4n) is 2.89. The molecule has 2 N–H and O–H groups in total. The van der Waals surface area contributed by atoms with Gasteiger partial charge in [-0.15, -0.1) is 0 Å². The first kappa shape index (κ1) is 13.9. The van der Waals surface area contributed by atoms with E-state index in [1.54, 1.807) is 7.11 Å². The van der Waals surface area contributed by atoms with Gasteiger partial charge in [0.05, 0.1) is 0 Å². The van der Waals surface area contributed by atoms with E-state index in [4.69, 9.17) is 10.5 Å². The average Bonchev–Trinajstić information content (AvgIpc) is 2.26. The fraction of sp³-hybridized carbons (Fsp3) is 1.00. The van der Waals surface area contributed by atoms with Gasteiger partial charge in [-0.2, -0.15) is 0 Å². The van der Waals surface area contributed by atoms with Crippen LogP contribution in [0.4, 0.5) is 0 Å². The van der Waals surface area contributed by atoms with E-state index in [1.165, 1.54) is 19.4 Å². The number of hydrogen-bond donors (Lipinski definition) is 1. The van der Waals surface area contributed by atoms with Crippen LogP contribution in [0.5, 0.6) is 0 Å². The van der Waals surface area contributed by atoms with Gasteiger partial charge in [-0.3, -0.25) is 4.90 Å². The van der Waals surface area contributed by atoms with Crippen LogP contribution in [0.25, 0.3) is 0 Å². The molecule has 1 rings (SSSR count). The first-order chi connectivity index (χ1) is 7.53. The van der Waals surface area contributed by atoms with Gasteiger partial charge in [-0.05, 0) is 45.6 Å². The van der Waals surface area contributed by atoms with Gasteiger partial charge >= 0.3 is 0 Å². The summed E-state index contributed by atoms with van der Waals surface area (Å²) in [7, 11) is 1.76. The van der Waals surface area contributed by atoms with Gasteiger partial charge in [0.2, 0.25) is 0 Å². The summed E-state index contributed by atoms with van der Waals surface area (Å²) in [6.07, 6.45) is 3.62. The third-order valence-electron chi connectivity index (χ3n) is 4.12. The maximum atomic E-state index is 5.98. The molecule has 0 aromatic heterocycles. The minimum Gasteiger partial charge on any atom is -0.385 e. The number of piperidine rings is 1. The van der Waals surface area contributed by atoms with Crippen molar-refractivity contribution in [3.8, 4) is 0 Å². The van der Waals surface area contributed by atoms with Crippen LogP contribution >= 0.6 is 0 Å². The van der Waals surface area contributed by atoms with Crippen molar-refractivity contribution in [3.05, 3.63) is 0 Å². The second-order valence-corrected chi connectivity index (χ2v) is 5.62. The summed E-state index contributed by atoms with van der Waals surface area (Å²) in [6.45, 7) is 9.65. The number of hydrogen-bond acceptors (Lipinski definition) is 3. The van der Waals surface area contributed by atoms with Crippen LogP contribution in [0.3, 0.4) is 0 Å². The van der Waals surface area contributed by atoms with Gasteiger partial charge in [-0.25, -0.2) is 0 Å². The quantitative estimate of drug-likeness (QED) is 0.780. The zero-order valence-corrected chi connectivity index (χ0v) is 11.3. The molecule has 0 amide bonds. The van der Waals surface area contributed by atoms with Crippen LogP contribution in [0.15, 0.2) is 0 Å². The topological polar surface area (TPSA) is 38.5 Å². The van der Waals surface area contributed by atoms with Crippen LogP contribution in [0, 0.1) is 5.92 Å². The van der Waals surface area contributed by atoms with Crippen molar-refractivity contribution in [1.82, 2.24) is 4.90 Å². The Labute approximate surface area is 100 Å². The summed E-state index contributed by atoms with van der Waals surface area (Å²) in [5.41, 5.74) is 6.09. The molecule has 1 saturated heterocycles. The van der Waals surface area contributed by atoms with Crippen molar-refractivity contribution < 1.29 is 4.74 Å². The first-order valence-electron chi connectivity index (χ1n) is 6.49. The molecule has 0 bridgehead atoms. The molecule has 1 aliphatic heterocycles. The van der Waals surface area contributed by atoms with Crippen LogP contribution in [0.1, 0.15) is 40.0 Å². The number of likely N-dealkylation sites (tertiary alicyclic amines) is 1. The minimum absolute atomic E-state index is 0.107. The highest BCUT2D eigenvalue weighted by Crippen LogP contribution is 2.30. The molecule has 0 aromatic rings. The minimum atomic E-state index is 0.107. The number of methoxy groups -OCH3 is 1. The first-order valence-corrected chi connectivity index (χ1v) is 6.49. The number of nitrogens with two attached hydrogens (primary N) is 1. The van der Waals surface area contributed by atoms with E-state index >= 15 is 0 Å².